The van der Waals surface area contributed by atoms with Gasteiger partial charge in [-0.25, -0.2) is 0 Å². The van der Waals surface area contributed by atoms with E-state index in [-0.39, 0.29) is 0 Å². The van der Waals surface area contributed by atoms with Crippen LogP contribution in [0.2, 0.25) is 0 Å². The van der Waals surface area contributed by atoms with Crippen molar-refractivity contribution in [2.24, 2.45) is 11.8 Å². The van der Waals surface area contributed by atoms with Crippen LogP contribution >= 0.6 is 0 Å². The van der Waals surface area contributed by atoms with Crippen LogP contribution in [0.1, 0.15) is 224 Å². The van der Waals surface area contributed by atoms with E-state index in [9.17, 15) is 4.79 Å². The third-order valence-corrected chi connectivity index (χ3v) is 7.22. The number of carbonyl (C=O) groups is 1. The summed E-state index contributed by atoms with van der Waals surface area (Å²) in [6, 6.07) is 0. The van der Waals surface area contributed by atoms with E-state index in [4.69, 9.17) is 9.84 Å². The van der Waals surface area contributed by atoms with Crippen LogP contribution in [0.15, 0.2) is 0 Å². The standard InChI is InChI=1S/C16H35NO2.C12H24O.C7H16.2C3H8.C2H6O.C2H6/c1-3-4-5-8-12-17(14-11-15-18)13-9-6-7-10-16-19-2;1-3-5-7-8-10-12(11-13)9-6-4-2;1-4-5-6-7(2)3;3*1-3-2;1-2/h18H,3-16H2,1-2H3;11-12H,3-10H2,1-2H3;7H,4-6H2,1-3H3;2*3H2,1-2H3;1-2H3;1-2H3. The Kier molecular flexibility index (Phi) is 95.2. The number of aliphatic hydroxyl groups is 1. The van der Waals surface area contributed by atoms with Crippen molar-refractivity contribution < 1.29 is 19.4 Å². The Morgan fingerprint density at radius 2 is 0.900 bits per heavy atom. The number of ether oxygens (including phenoxy) is 2. The summed E-state index contributed by atoms with van der Waals surface area (Å²) >= 11 is 0. The highest BCUT2D eigenvalue weighted by atomic mass is 16.5. The van der Waals surface area contributed by atoms with Crippen molar-refractivity contribution >= 4 is 6.29 Å². The molecule has 0 aliphatic carbocycles. The van der Waals surface area contributed by atoms with E-state index < -0.39 is 0 Å². The van der Waals surface area contributed by atoms with Crippen LogP contribution in [-0.4, -0.2) is 70.5 Å². The quantitative estimate of drug-likeness (QED) is 0.0676. The molecule has 1 atom stereocenters. The zero-order valence-electron chi connectivity index (χ0n) is 37.9. The smallest absolute Gasteiger partial charge is 0.123 e. The first-order valence-corrected chi connectivity index (χ1v) is 21.9. The Hall–Kier alpha value is -0.490. The molecule has 1 unspecified atom stereocenters. The fraction of sp³-hybridized carbons (Fsp3) is 0.978. The summed E-state index contributed by atoms with van der Waals surface area (Å²) in [4.78, 5) is 13.2. The van der Waals surface area contributed by atoms with Crippen LogP contribution in [0.25, 0.3) is 0 Å². The van der Waals surface area contributed by atoms with Crippen LogP contribution in [-0.2, 0) is 14.3 Å². The molecule has 0 aliphatic rings. The van der Waals surface area contributed by atoms with Crippen molar-refractivity contribution in [3.63, 3.8) is 0 Å². The summed E-state index contributed by atoms with van der Waals surface area (Å²) in [7, 11) is 5.02. The van der Waals surface area contributed by atoms with Crippen molar-refractivity contribution in [2.45, 2.75) is 224 Å². The van der Waals surface area contributed by atoms with Gasteiger partial charge in [0.15, 0.2) is 0 Å². The summed E-state index contributed by atoms with van der Waals surface area (Å²) in [6.45, 7) is 30.6. The summed E-state index contributed by atoms with van der Waals surface area (Å²) in [5.74, 6) is 1.25. The summed E-state index contributed by atoms with van der Waals surface area (Å²) in [6.07, 6.45) is 28.8. The van der Waals surface area contributed by atoms with Gasteiger partial charge in [0.1, 0.15) is 6.29 Å². The van der Waals surface area contributed by atoms with Gasteiger partial charge in [0.2, 0.25) is 0 Å². The van der Waals surface area contributed by atoms with Crippen LogP contribution < -0.4 is 0 Å². The number of hydrogen-bond acceptors (Lipinski definition) is 5. The van der Waals surface area contributed by atoms with E-state index in [1.165, 1.54) is 135 Å². The molecular weight excluding hydrogens is 618 g/mol. The Morgan fingerprint density at radius 3 is 1.26 bits per heavy atom. The molecular formula is C45H103NO4. The van der Waals surface area contributed by atoms with E-state index in [0.717, 1.165) is 44.6 Å². The molecule has 0 aliphatic heterocycles. The lowest BCUT2D eigenvalue weighted by atomic mass is 9.97. The van der Waals surface area contributed by atoms with Gasteiger partial charge in [-0.2, -0.15) is 0 Å². The third-order valence-electron chi connectivity index (χ3n) is 7.22. The van der Waals surface area contributed by atoms with Gasteiger partial charge >= 0.3 is 0 Å². The number of methoxy groups -OCH3 is 2. The number of carbonyl (C=O) groups excluding carboxylic acids is 1. The van der Waals surface area contributed by atoms with E-state index in [2.05, 4.69) is 78.9 Å². The fourth-order valence-corrected chi connectivity index (χ4v) is 4.52. The van der Waals surface area contributed by atoms with Crippen molar-refractivity contribution in [3.8, 4) is 0 Å². The molecule has 0 heterocycles. The van der Waals surface area contributed by atoms with Gasteiger partial charge in [0.25, 0.3) is 0 Å². The van der Waals surface area contributed by atoms with E-state index in [0.29, 0.717) is 12.5 Å². The molecule has 0 amide bonds. The number of aldehydes is 1. The lowest BCUT2D eigenvalue weighted by molar-refractivity contribution is -0.111. The Labute approximate surface area is 320 Å². The molecule has 1 N–H and O–H groups in total. The van der Waals surface area contributed by atoms with Crippen molar-refractivity contribution in [1.29, 1.82) is 0 Å². The highest BCUT2D eigenvalue weighted by Gasteiger charge is 2.06. The molecule has 0 spiro atoms. The molecule has 0 aromatic rings. The van der Waals surface area contributed by atoms with E-state index >= 15 is 0 Å². The van der Waals surface area contributed by atoms with Gasteiger partial charge in [-0.3, -0.25) is 0 Å². The normalized spacial score (nSPS) is 10.3. The molecule has 0 radical (unpaired) electrons. The first-order valence-electron chi connectivity index (χ1n) is 21.9. The van der Waals surface area contributed by atoms with Gasteiger partial charge in [-0.15, -0.1) is 0 Å². The topological polar surface area (TPSA) is 59.0 Å². The maximum absolute atomic E-state index is 10.7. The monoisotopic (exact) mass is 722 g/mol. The lowest BCUT2D eigenvalue weighted by Gasteiger charge is -2.21. The molecule has 0 aromatic heterocycles. The maximum Gasteiger partial charge on any atom is 0.123 e. The van der Waals surface area contributed by atoms with Gasteiger partial charge in [0, 0.05) is 47.0 Å². The van der Waals surface area contributed by atoms with Crippen LogP contribution in [0.3, 0.4) is 0 Å². The Balaban J connectivity index is -0.000000103. The average Bonchev–Trinajstić information content (AvgIpc) is 3.11. The van der Waals surface area contributed by atoms with Crippen LogP contribution in [0.4, 0.5) is 0 Å². The van der Waals surface area contributed by atoms with Gasteiger partial charge in [-0.05, 0) is 57.5 Å². The summed E-state index contributed by atoms with van der Waals surface area (Å²) in [5.41, 5.74) is 0. The van der Waals surface area contributed by atoms with Crippen LogP contribution in [0.5, 0.6) is 0 Å². The second kappa shape index (κ2) is 73.8. The van der Waals surface area contributed by atoms with Crippen molar-refractivity contribution in [3.05, 3.63) is 0 Å². The predicted molar refractivity (Wildman–Crippen MR) is 231 cm³/mol. The SMILES string of the molecule is CC.CCC.CCC.CCCCC(C)C.CCCCCCC(C=O)CCCC.CCCCCCN(CCCO)CCCCCCOC.COC. The second-order valence-corrected chi connectivity index (χ2v) is 13.6. The molecule has 0 fully saturated rings. The summed E-state index contributed by atoms with van der Waals surface area (Å²) < 4.78 is 9.31. The molecule has 0 aromatic carbocycles. The predicted octanol–water partition coefficient (Wildman–Crippen LogP) is 14.4. The van der Waals surface area contributed by atoms with Gasteiger partial charge in [0.05, 0.1) is 0 Å². The molecule has 5 heteroatoms. The molecule has 0 saturated carbocycles. The first-order chi connectivity index (χ1) is 24.2. The minimum Gasteiger partial charge on any atom is -0.396 e. The number of rotatable bonds is 27. The molecule has 0 rings (SSSR count). The molecule has 312 valence electrons. The largest absolute Gasteiger partial charge is 0.396 e. The number of nitrogens with zero attached hydrogens (tertiary/aromatic N) is 1. The molecule has 0 bridgehead atoms. The maximum atomic E-state index is 10.7. The van der Waals surface area contributed by atoms with E-state index in [1.54, 1.807) is 21.3 Å². The number of hydrogen-bond donors (Lipinski definition) is 1. The van der Waals surface area contributed by atoms with Crippen LogP contribution in [0, 0.1) is 11.8 Å². The number of unbranched alkanes of at least 4 members (excludes halogenated alkanes) is 11. The molecule has 5 nitrogen and oxygen atoms in total. The minimum atomic E-state index is 0.319. The van der Waals surface area contributed by atoms with Gasteiger partial charge in [-0.1, -0.05) is 186 Å². The Morgan fingerprint density at radius 1 is 0.540 bits per heavy atom. The van der Waals surface area contributed by atoms with Crippen molar-refractivity contribution in [2.75, 3.05) is 54.2 Å². The lowest BCUT2D eigenvalue weighted by Crippen LogP contribution is -2.27. The van der Waals surface area contributed by atoms with E-state index in [1.807, 2.05) is 13.8 Å². The number of aliphatic hydroxyl groups excluding tert-OH is 1. The second-order valence-electron chi connectivity index (χ2n) is 13.6. The molecule has 50 heavy (non-hydrogen) atoms. The van der Waals surface area contributed by atoms with Crippen molar-refractivity contribution in [1.82, 2.24) is 4.90 Å². The fourth-order valence-electron chi connectivity index (χ4n) is 4.52. The highest BCUT2D eigenvalue weighted by Crippen LogP contribution is 2.15. The summed E-state index contributed by atoms with van der Waals surface area (Å²) in [5, 5.41) is 8.95. The third kappa shape index (κ3) is 91.5. The van der Waals surface area contributed by atoms with Gasteiger partial charge < -0.3 is 24.3 Å². The highest BCUT2D eigenvalue weighted by molar-refractivity contribution is 5.53. The Bertz CT molecular complexity index is 458. The first kappa shape index (κ1) is 64.5. The zero-order valence-corrected chi connectivity index (χ0v) is 37.9. The minimum absolute atomic E-state index is 0.319. The average molecular weight is 722 g/mol. The molecule has 0 saturated heterocycles. The zero-order chi connectivity index (χ0) is 39.9.